The highest BCUT2D eigenvalue weighted by atomic mass is 32.2. The molecule has 1 fully saturated rings. The number of anilines is 1. The normalized spacial score (nSPS) is 20.2. The molecule has 1 aromatic carbocycles. The molecular weight excluding hydrogens is 262 g/mol. The summed E-state index contributed by atoms with van der Waals surface area (Å²) in [4.78, 5) is 0. The van der Waals surface area contributed by atoms with Crippen molar-refractivity contribution in [3.63, 3.8) is 0 Å². The van der Waals surface area contributed by atoms with E-state index >= 15 is 0 Å². The van der Waals surface area contributed by atoms with Gasteiger partial charge in [0.2, 0.25) is 10.0 Å². The van der Waals surface area contributed by atoms with Gasteiger partial charge in [-0.2, -0.15) is 0 Å². The fourth-order valence-corrected chi connectivity index (χ4v) is 3.78. The molecule has 5 heteroatoms. The smallest absolute Gasteiger partial charge is 0.233 e. The van der Waals surface area contributed by atoms with Crippen LogP contribution in [-0.2, 0) is 21.2 Å². The number of hydrogen-bond donors (Lipinski definition) is 1. The number of nitrogens with one attached hydrogen (secondary N) is 1. The fraction of sp³-hybridized carbons (Fsp3) is 0.571. The highest BCUT2D eigenvalue weighted by molar-refractivity contribution is 7.92. The third kappa shape index (κ3) is 4.51. The van der Waals surface area contributed by atoms with E-state index in [4.69, 9.17) is 4.74 Å². The molecule has 0 aliphatic carbocycles. The van der Waals surface area contributed by atoms with Gasteiger partial charge in [-0.1, -0.05) is 19.1 Å². The predicted molar refractivity (Wildman–Crippen MR) is 76.8 cm³/mol. The Morgan fingerprint density at radius 2 is 2.26 bits per heavy atom. The van der Waals surface area contributed by atoms with Gasteiger partial charge < -0.3 is 4.74 Å². The van der Waals surface area contributed by atoms with Gasteiger partial charge in [-0.05, 0) is 42.9 Å². The van der Waals surface area contributed by atoms with Gasteiger partial charge in [0.15, 0.2) is 0 Å². The van der Waals surface area contributed by atoms with E-state index in [-0.39, 0.29) is 11.7 Å². The fourth-order valence-electron chi connectivity index (χ4n) is 2.33. The zero-order valence-electron chi connectivity index (χ0n) is 11.3. The minimum atomic E-state index is -3.29. The van der Waals surface area contributed by atoms with Crippen molar-refractivity contribution < 1.29 is 13.2 Å². The zero-order valence-corrected chi connectivity index (χ0v) is 12.1. The van der Waals surface area contributed by atoms with Crippen molar-refractivity contribution in [3.8, 4) is 0 Å². The minimum Gasteiger partial charge on any atom is -0.381 e. The molecule has 2 rings (SSSR count). The van der Waals surface area contributed by atoms with Crippen molar-refractivity contribution in [2.45, 2.75) is 26.2 Å². The second-order valence-corrected chi connectivity index (χ2v) is 6.79. The molecule has 1 aliphatic rings. The molecule has 0 amide bonds. The van der Waals surface area contributed by atoms with Crippen LogP contribution in [0.25, 0.3) is 0 Å². The van der Waals surface area contributed by atoms with E-state index in [1.165, 1.54) is 0 Å². The second-order valence-electron chi connectivity index (χ2n) is 5.02. The summed E-state index contributed by atoms with van der Waals surface area (Å²) in [6.07, 6.45) is 2.77. The number of ether oxygens (including phenoxy) is 1. The molecule has 1 aliphatic heterocycles. The maximum Gasteiger partial charge on any atom is 0.233 e. The van der Waals surface area contributed by atoms with Crippen molar-refractivity contribution in [2.24, 2.45) is 5.92 Å². The van der Waals surface area contributed by atoms with E-state index in [9.17, 15) is 8.42 Å². The van der Waals surface area contributed by atoms with Gasteiger partial charge in [0.25, 0.3) is 0 Å². The summed E-state index contributed by atoms with van der Waals surface area (Å²) in [5, 5.41) is 0. The van der Waals surface area contributed by atoms with Crippen LogP contribution in [0.5, 0.6) is 0 Å². The van der Waals surface area contributed by atoms with Crippen molar-refractivity contribution in [1.82, 2.24) is 0 Å². The maximum atomic E-state index is 12.1. The highest BCUT2D eigenvalue weighted by Gasteiger charge is 2.21. The summed E-state index contributed by atoms with van der Waals surface area (Å²) in [6, 6.07) is 7.54. The average molecular weight is 283 g/mol. The standard InChI is InChI=1S/C14H21NO3S/c1-2-12-5-3-7-14(9-12)15-19(16,17)11-13-6-4-8-18-10-13/h3,5,7,9,13,15H,2,4,6,8,10-11H2,1H3. The third-order valence-corrected chi connectivity index (χ3v) is 4.78. The lowest BCUT2D eigenvalue weighted by Crippen LogP contribution is -2.28. The number of benzene rings is 1. The van der Waals surface area contributed by atoms with Gasteiger partial charge in [-0.3, -0.25) is 4.72 Å². The molecule has 1 saturated heterocycles. The molecule has 0 bridgehead atoms. The van der Waals surface area contributed by atoms with Gasteiger partial charge in [-0.15, -0.1) is 0 Å². The monoisotopic (exact) mass is 283 g/mol. The van der Waals surface area contributed by atoms with E-state index in [1.807, 2.05) is 25.1 Å². The largest absolute Gasteiger partial charge is 0.381 e. The topological polar surface area (TPSA) is 55.4 Å². The van der Waals surface area contributed by atoms with Crippen LogP contribution in [-0.4, -0.2) is 27.4 Å². The molecule has 1 heterocycles. The van der Waals surface area contributed by atoms with Crippen LogP contribution in [0, 0.1) is 5.92 Å². The third-order valence-electron chi connectivity index (χ3n) is 3.32. The predicted octanol–water partition coefficient (Wildman–Crippen LogP) is 2.42. The molecule has 1 N–H and O–H groups in total. The molecule has 106 valence electrons. The van der Waals surface area contributed by atoms with Crippen LogP contribution in [0.15, 0.2) is 24.3 Å². The van der Waals surface area contributed by atoms with Gasteiger partial charge in [0.1, 0.15) is 0 Å². The van der Waals surface area contributed by atoms with Crippen LogP contribution in [0.3, 0.4) is 0 Å². The van der Waals surface area contributed by atoms with Gasteiger partial charge in [0.05, 0.1) is 12.4 Å². The Balaban J connectivity index is 1.99. The van der Waals surface area contributed by atoms with Crippen molar-refractivity contribution in [2.75, 3.05) is 23.7 Å². The molecular formula is C14H21NO3S. The average Bonchev–Trinajstić information content (AvgIpc) is 2.39. The lowest BCUT2D eigenvalue weighted by molar-refractivity contribution is 0.0626. The van der Waals surface area contributed by atoms with Gasteiger partial charge >= 0.3 is 0 Å². The Bertz CT molecular complexity index is 507. The minimum absolute atomic E-state index is 0.112. The first-order chi connectivity index (χ1) is 9.09. The lowest BCUT2D eigenvalue weighted by atomic mass is 10.1. The SMILES string of the molecule is CCc1cccc(NS(=O)(=O)CC2CCCOC2)c1. The van der Waals surface area contributed by atoms with Crippen LogP contribution in [0.2, 0.25) is 0 Å². The first kappa shape index (κ1) is 14.3. The van der Waals surface area contributed by atoms with Crippen molar-refractivity contribution >= 4 is 15.7 Å². The van der Waals surface area contributed by atoms with Crippen LogP contribution in [0.4, 0.5) is 5.69 Å². The summed E-state index contributed by atoms with van der Waals surface area (Å²) in [6.45, 7) is 3.35. The molecule has 0 radical (unpaired) electrons. The van der Waals surface area contributed by atoms with Gasteiger partial charge in [0, 0.05) is 12.3 Å². The molecule has 0 aromatic heterocycles. The Hall–Kier alpha value is -1.07. The number of sulfonamides is 1. The van der Waals surface area contributed by atoms with Crippen molar-refractivity contribution in [3.05, 3.63) is 29.8 Å². The number of hydrogen-bond acceptors (Lipinski definition) is 3. The molecule has 1 aromatic rings. The van der Waals surface area contributed by atoms with E-state index < -0.39 is 10.0 Å². The maximum absolute atomic E-state index is 12.1. The van der Waals surface area contributed by atoms with Gasteiger partial charge in [-0.25, -0.2) is 8.42 Å². The summed E-state index contributed by atoms with van der Waals surface area (Å²) in [7, 11) is -3.29. The van der Waals surface area contributed by atoms with E-state index in [1.54, 1.807) is 6.07 Å². The second kappa shape index (κ2) is 6.39. The molecule has 0 spiro atoms. The molecule has 1 atom stereocenters. The Morgan fingerprint density at radius 1 is 1.42 bits per heavy atom. The van der Waals surface area contributed by atoms with Crippen LogP contribution >= 0.6 is 0 Å². The van der Waals surface area contributed by atoms with E-state index in [0.717, 1.165) is 31.4 Å². The lowest BCUT2D eigenvalue weighted by Gasteiger charge is -2.22. The van der Waals surface area contributed by atoms with E-state index in [2.05, 4.69) is 4.72 Å². The summed E-state index contributed by atoms with van der Waals surface area (Å²) in [5.74, 6) is 0.254. The number of aryl methyl sites for hydroxylation is 1. The first-order valence-electron chi connectivity index (χ1n) is 6.76. The van der Waals surface area contributed by atoms with Crippen LogP contribution < -0.4 is 4.72 Å². The zero-order chi connectivity index (χ0) is 13.7. The first-order valence-corrected chi connectivity index (χ1v) is 8.41. The van der Waals surface area contributed by atoms with E-state index in [0.29, 0.717) is 12.3 Å². The summed E-state index contributed by atoms with van der Waals surface area (Å²) >= 11 is 0. The quantitative estimate of drug-likeness (QED) is 0.903. The van der Waals surface area contributed by atoms with Crippen LogP contribution in [0.1, 0.15) is 25.3 Å². The Labute approximate surface area is 115 Å². The molecule has 0 saturated carbocycles. The Morgan fingerprint density at radius 3 is 2.95 bits per heavy atom. The summed E-state index contributed by atoms with van der Waals surface area (Å²) in [5.41, 5.74) is 1.78. The molecule has 4 nitrogen and oxygen atoms in total. The molecule has 19 heavy (non-hydrogen) atoms. The Kier molecular flexibility index (Phi) is 4.82. The number of rotatable bonds is 5. The molecule has 1 unspecified atom stereocenters. The summed E-state index contributed by atoms with van der Waals surface area (Å²) < 4.78 is 32.2. The van der Waals surface area contributed by atoms with Crippen molar-refractivity contribution in [1.29, 1.82) is 0 Å². The highest BCUT2D eigenvalue weighted by Crippen LogP contribution is 2.18.